The van der Waals surface area contributed by atoms with E-state index < -0.39 is 7.92 Å². The molecule has 0 bridgehead atoms. The van der Waals surface area contributed by atoms with Crippen molar-refractivity contribution in [2.75, 3.05) is 6.66 Å². The zero-order valence-electron chi connectivity index (χ0n) is 18.7. The molecule has 1 aliphatic carbocycles. The molecule has 4 rings (SSSR count). The fourth-order valence-electron chi connectivity index (χ4n) is 4.10. The van der Waals surface area contributed by atoms with Gasteiger partial charge < -0.3 is 0 Å². The number of hydrogen-bond acceptors (Lipinski definition) is 1. The molecule has 0 radical (unpaired) electrons. The van der Waals surface area contributed by atoms with Crippen LogP contribution in [0.3, 0.4) is 0 Å². The van der Waals surface area contributed by atoms with Crippen LogP contribution in [0.1, 0.15) is 40.7 Å². The van der Waals surface area contributed by atoms with Gasteiger partial charge in [-0.1, -0.05) is 83.4 Å². The first-order valence-electron chi connectivity index (χ1n) is 10.8. The van der Waals surface area contributed by atoms with Gasteiger partial charge in [-0.25, -0.2) is 0 Å². The highest BCUT2D eigenvalue weighted by Crippen LogP contribution is 2.39. The number of rotatable bonds is 5. The normalized spacial score (nSPS) is 13.7. The maximum atomic E-state index is 6.76. The maximum absolute atomic E-state index is 6.76. The Labute approximate surface area is 213 Å². The Kier molecular flexibility index (Phi) is 7.73. The van der Waals surface area contributed by atoms with Crippen molar-refractivity contribution in [2.24, 2.45) is 0 Å². The van der Waals surface area contributed by atoms with Crippen LogP contribution in [0.5, 0.6) is 0 Å². The summed E-state index contributed by atoms with van der Waals surface area (Å²) in [4.78, 5) is 0.937. The van der Waals surface area contributed by atoms with Crippen molar-refractivity contribution in [3.63, 3.8) is 0 Å². The molecule has 2 unspecified atom stereocenters. The Morgan fingerprint density at radius 1 is 1.12 bits per heavy atom. The molecule has 0 fully saturated rings. The minimum Gasteiger partial charge on any atom is -0.143 e. The fraction of sp³-hybridized carbons (Fsp3) is 0.172. The van der Waals surface area contributed by atoms with Crippen molar-refractivity contribution in [3.8, 4) is 11.6 Å². The predicted octanol–water partition coefficient (Wildman–Crippen LogP) is 8.50. The van der Waals surface area contributed by atoms with Gasteiger partial charge in [0.25, 0.3) is 0 Å². The Morgan fingerprint density at radius 2 is 1.88 bits per heavy atom. The lowest BCUT2D eigenvalue weighted by molar-refractivity contribution is 0.787. The van der Waals surface area contributed by atoms with Gasteiger partial charge in [-0.05, 0) is 84.3 Å². The second kappa shape index (κ2) is 10.5. The van der Waals surface area contributed by atoms with Gasteiger partial charge in [0, 0.05) is 34.3 Å². The molecule has 4 heteroatoms. The smallest absolute Gasteiger partial charge is 0.0471 e. The highest BCUT2D eigenvalue weighted by atomic mass is 35.5. The summed E-state index contributed by atoms with van der Waals surface area (Å²) in [6.45, 7) is 8.42. The van der Waals surface area contributed by atoms with Crippen LogP contribution in [-0.2, 0) is 12.8 Å². The SMILES string of the molecule is C=C(C)C(Cc1cccc(S)c1)c1c(Cl)cc(C#CP(C)c2ccc3c(c2)CC=C3)cc1Cl. The van der Waals surface area contributed by atoms with Crippen molar-refractivity contribution >= 4 is 55.1 Å². The summed E-state index contributed by atoms with van der Waals surface area (Å²) >= 11 is 18.0. The molecule has 0 amide bonds. The highest BCUT2D eigenvalue weighted by Gasteiger charge is 2.20. The van der Waals surface area contributed by atoms with Crippen molar-refractivity contribution in [1.29, 1.82) is 0 Å². The molecule has 0 heterocycles. The van der Waals surface area contributed by atoms with E-state index in [-0.39, 0.29) is 5.92 Å². The zero-order chi connectivity index (χ0) is 23.5. The molecule has 0 aromatic heterocycles. The molecular weight excluding hydrogens is 482 g/mol. The van der Waals surface area contributed by atoms with E-state index in [9.17, 15) is 0 Å². The van der Waals surface area contributed by atoms with Crippen LogP contribution in [0.4, 0.5) is 0 Å². The summed E-state index contributed by atoms with van der Waals surface area (Å²) in [5, 5.41) is 2.55. The number of allylic oxidation sites excluding steroid dienone is 2. The van der Waals surface area contributed by atoms with Crippen LogP contribution < -0.4 is 5.30 Å². The molecule has 3 aromatic rings. The lowest BCUT2D eigenvalue weighted by atomic mass is 9.86. The second-order valence-electron chi connectivity index (χ2n) is 8.41. The van der Waals surface area contributed by atoms with Crippen molar-refractivity contribution in [1.82, 2.24) is 0 Å². The van der Waals surface area contributed by atoms with Crippen LogP contribution >= 0.6 is 43.8 Å². The number of fused-ring (bicyclic) bond motifs is 1. The summed E-state index contributed by atoms with van der Waals surface area (Å²) in [6.07, 6.45) is 6.16. The van der Waals surface area contributed by atoms with E-state index in [1.54, 1.807) is 0 Å². The van der Waals surface area contributed by atoms with Gasteiger partial charge >= 0.3 is 0 Å². The van der Waals surface area contributed by atoms with Crippen molar-refractivity contribution in [2.45, 2.75) is 30.6 Å². The van der Waals surface area contributed by atoms with Gasteiger partial charge in [0.05, 0.1) is 0 Å². The number of benzene rings is 3. The van der Waals surface area contributed by atoms with Gasteiger partial charge in [0.2, 0.25) is 0 Å². The van der Waals surface area contributed by atoms with E-state index in [0.717, 1.165) is 34.4 Å². The van der Waals surface area contributed by atoms with E-state index >= 15 is 0 Å². The van der Waals surface area contributed by atoms with E-state index in [4.69, 9.17) is 23.2 Å². The summed E-state index contributed by atoms with van der Waals surface area (Å²) in [5.41, 5.74) is 10.1. The standard InChI is InChI=1S/C29H25Cl2PS/c1-19(2)26(15-20-6-4-9-25(33)14-20)29-27(30)16-21(17-28(29)31)12-13-32(3)24-11-10-22-7-5-8-23(22)18-24/h4-7,9-11,14,16-18,26,33H,1,8,15H2,2-3H3. The second-order valence-corrected chi connectivity index (χ2v) is 11.6. The lowest BCUT2D eigenvalue weighted by Crippen LogP contribution is -2.06. The molecule has 2 atom stereocenters. The predicted molar refractivity (Wildman–Crippen MR) is 150 cm³/mol. The maximum Gasteiger partial charge on any atom is 0.0471 e. The molecule has 0 saturated heterocycles. The molecule has 33 heavy (non-hydrogen) atoms. The molecule has 0 N–H and O–H groups in total. The number of thiol groups is 1. The molecule has 0 saturated carbocycles. The van der Waals surface area contributed by atoms with Gasteiger partial charge in [-0.15, -0.1) is 12.6 Å². The monoisotopic (exact) mass is 506 g/mol. The lowest BCUT2D eigenvalue weighted by Gasteiger charge is -2.21. The van der Waals surface area contributed by atoms with E-state index in [1.807, 2.05) is 31.2 Å². The summed E-state index contributed by atoms with van der Waals surface area (Å²) < 4.78 is 0. The van der Waals surface area contributed by atoms with Crippen LogP contribution in [0.25, 0.3) is 6.08 Å². The van der Waals surface area contributed by atoms with Crippen LogP contribution in [0, 0.1) is 11.6 Å². The van der Waals surface area contributed by atoms with Crippen LogP contribution in [0.2, 0.25) is 10.0 Å². The Bertz CT molecular complexity index is 1290. The Hall–Kier alpha value is -1.94. The third-order valence-electron chi connectivity index (χ3n) is 5.89. The molecule has 0 nitrogen and oxygen atoms in total. The molecule has 0 spiro atoms. The van der Waals surface area contributed by atoms with E-state index in [1.165, 1.54) is 22.0 Å². The van der Waals surface area contributed by atoms with E-state index in [2.05, 4.69) is 79.9 Å². The minimum atomic E-state index is -0.589. The van der Waals surface area contributed by atoms with Gasteiger partial charge in [-0.3, -0.25) is 0 Å². The molecule has 3 aromatic carbocycles. The first kappa shape index (κ1) is 24.2. The van der Waals surface area contributed by atoms with E-state index in [0.29, 0.717) is 10.0 Å². The highest BCUT2D eigenvalue weighted by molar-refractivity contribution is 7.80. The fourth-order valence-corrected chi connectivity index (χ4v) is 6.17. The van der Waals surface area contributed by atoms with Crippen molar-refractivity contribution in [3.05, 3.63) is 111 Å². The van der Waals surface area contributed by atoms with Crippen LogP contribution in [0.15, 0.2) is 77.7 Å². The van der Waals surface area contributed by atoms with Crippen LogP contribution in [-0.4, -0.2) is 6.66 Å². The average Bonchev–Trinajstić information content (AvgIpc) is 3.24. The molecular formula is C29H25Cl2PS. The Balaban J connectivity index is 1.58. The first-order valence-corrected chi connectivity index (χ1v) is 13.8. The minimum absolute atomic E-state index is 0.0189. The topological polar surface area (TPSA) is 0 Å². The number of hydrogen-bond donors (Lipinski definition) is 1. The summed E-state index contributed by atoms with van der Waals surface area (Å²) in [7, 11) is -0.589. The van der Waals surface area contributed by atoms with Gasteiger partial charge in [0.1, 0.15) is 0 Å². The zero-order valence-corrected chi connectivity index (χ0v) is 22.0. The third kappa shape index (κ3) is 5.77. The summed E-state index contributed by atoms with van der Waals surface area (Å²) in [6, 6.07) is 18.7. The van der Waals surface area contributed by atoms with Gasteiger partial charge in [-0.2, -0.15) is 0 Å². The number of halogens is 2. The molecule has 166 valence electrons. The first-order chi connectivity index (χ1) is 15.8. The Morgan fingerprint density at radius 3 is 2.58 bits per heavy atom. The summed E-state index contributed by atoms with van der Waals surface area (Å²) in [5.74, 6) is 3.33. The van der Waals surface area contributed by atoms with Crippen molar-refractivity contribution < 1.29 is 0 Å². The van der Waals surface area contributed by atoms with Gasteiger partial charge in [0.15, 0.2) is 0 Å². The quantitative estimate of drug-likeness (QED) is 0.152. The molecule has 0 aliphatic heterocycles. The third-order valence-corrected chi connectivity index (χ3v) is 8.29. The molecule has 1 aliphatic rings. The average molecular weight is 507 g/mol. The largest absolute Gasteiger partial charge is 0.143 e.